The number of carbonyl (C=O) groups excluding carboxylic acids is 14. The smallest absolute Gasteiger partial charge is 0.344 e. The highest BCUT2D eigenvalue weighted by Crippen LogP contribution is 2.16. The Morgan fingerprint density at radius 1 is 0.371 bits per heavy atom. The minimum absolute atomic E-state index is 0.0880. The van der Waals surface area contributed by atoms with E-state index in [4.69, 9.17) is 28.8 Å². The van der Waals surface area contributed by atoms with Gasteiger partial charge in [0.1, 0.15) is 12.2 Å². The van der Waals surface area contributed by atoms with Gasteiger partial charge in [-0.25, -0.2) is 4.79 Å². The molecule has 5 atom stereocenters. The number of hydrogen-bond acceptors (Lipinski definition) is 31. The summed E-state index contributed by atoms with van der Waals surface area (Å²) in [7, 11) is 1.35. The maximum Gasteiger partial charge on any atom is 0.344 e. The summed E-state index contributed by atoms with van der Waals surface area (Å²) in [4.78, 5) is 144. The second-order valence-electron chi connectivity index (χ2n) is 18.7. The summed E-state index contributed by atoms with van der Waals surface area (Å²) in [6, 6.07) is 0. The van der Waals surface area contributed by atoms with E-state index in [-0.39, 0.29) is 110 Å². The molecule has 0 saturated carbocycles. The number of hydrogen-bond donors (Lipinski definition) is 1. The first-order valence-corrected chi connectivity index (χ1v) is 32.3. The van der Waals surface area contributed by atoms with Crippen molar-refractivity contribution in [2.45, 2.75) is 261 Å². The Balaban J connectivity index is -0.000000109. The summed E-state index contributed by atoms with van der Waals surface area (Å²) in [5.41, 5.74) is 0. The molecule has 1 aliphatic rings. The van der Waals surface area contributed by atoms with E-state index >= 15 is 0 Å². The van der Waals surface area contributed by atoms with Crippen molar-refractivity contribution >= 4 is 83.6 Å². The standard InChI is InChI=1S/C11H20O4.2C8H14O4.C6H10O4.C6H12O3.C6H12O2.2C5H10O2.2C4H8O2.C3H6O2/c1-3-13-10(12)8-9(2)15-11-6-4-5-7-14-11;2*1-4-11-8(10)5-6(2)12-7(3)9;1-3-9-6(8)4-10-5(2)7;1-3-9-6(8)4-5(2)7;1-3-5-6(7)8-4-2;1-3-4-7-5(2)6;1-3-5(6)7-4-2;2*1-3-6-4(2)5;1-3(4)5-2/h9,11H,3-8H2,1-2H3;2*6H,4-5H2,1-3H3;3-4H2,1-2H3;5,7H,3-4H2,1-2H3;3-5H2,1-2H3;2*3-4H2,1-2H3;2*3H2,1-2H3;1-2H3. The third-order valence-corrected chi connectivity index (χ3v) is 8.85. The predicted molar refractivity (Wildman–Crippen MR) is 354 cm³/mol. The van der Waals surface area contributed by atoms with E-state index in [1.165, 1.54) is 55.6 Å². The fourth-order valence-corrected chi connectivity index (χ4v) is 5.32. The fraction of sp³-hybridized carbons (Fsp3) is 0.788. The minimum atomic E-state index is -0.593. The van der Waals surface area contributed by atoms with Gasteiger partial charge >= 0.3 is 83.6 Å². The Hall–Kier alpha value is -7.54. The number of rotatable bonds is 28. The van der Waals surface area contributed by atoms with Gasteiger partial charge in [0, 0.05) is 67.9 Å². The highest BCUT2D eigenvalue weighted by atomic mass is 16.7. The van der Waals surface area contributed by atoms with E-state index in [1.54, 1.807) is 83.1 Å². The van der Waals surface area contributed by atoms with E-state index < -0.39 is 30.3 Å². The Morgan fingerprint density at radius 2 is 0.691 bits per heavy atom. The van der Waals surface area contributed by atoms with Crippen LogP contribution in [0.1, 0.15) is 230 Å². The molecule has 0 aromatic carbocycles. The van der Waals surface area contributed by atoms with Gasteiger partial charge in [-0.05, 0) is 122 Å². The molecule has 31 nitrogen and oxygen atoms in total. The first-order chi connectivity index (χ1) is 45.4. The van der Waals surface area contributed by atoms with Crippen molar-refractivity contribution in [3.8, 4) is 0 Å². The van der Waals surface area contributed by atoms with Gasteiger partial charge in [0.25, 0.3) is 0 Å². The van der Waals surface area contributed by atoms with Crippen LogP contribution in [0, 0.1) is 0 Å². The lowest BCUT2D eigenvalue weighted by molar-refractivity contribution is -0.189. The highest BCUT2D eigenvalue weighted by molar-refractivity contribution is 5.75. The third-order valence-electron chi connectivity index (χ3n) is 8.85. The van der Waals surface area contributed by atoms with Crippen molar-refractivity contribution in [1.29, 1.82) is 0 Å². The van der Waals surface area contributed by atoms with Crippen molar-refractivity contribution < 1.29 is 148 Å². The van der Waals surface area contributed by atoms with E-state index in [9.17, 15) is 67.1 Å². The molecule has 1 rings (SSSR count). The normalized spacial score (nSPS) is 11.9. The quantitative estimate of drug-likeness (QED) is 0.0565. The van der Waals surface area contributed by atoms with Gasteiger partial charge in [-0.2, -0.15) is 0 Å². The molecule has 31 heteroatoms. The first-order valence-electron chi connectivity index (χ1n) is 32.3. The predicted octanol–water partition coefficient (Wildman–Crippen LogP) is 8.67. The van der Waals surface area contributed by atoms with Crippen LogP contribution < -0.4 is 0 Å². The van der Waals surface area contributed by atoms with Crippen LogP contribution in [0.3, 0.4) is 0 Å². The van der Waals surface area contributed by atoms with Gasteiger partial charge in [0.2, 0.25) is 0 Å². The Bertz CT molecular complexity index is 1920. The van der Waals surface area contributed by atoms with Crippen molar-refractivity contribution in [2.75, 3.05) is 86.4 Å². The Kier molecular flexibility index (Phi) is 98.8. The van der Waals surface area contributed by atoms with Gasteiger partial charge in [-0.3, -0.25) is 62.3 Å². The van der Waals surface area contributed by atoms with Crippen LogP contribution in [0.15, 0.2) is 0 Å². The van der Waals surface area contributed by atoms with Crippen molar-refractivity contribution in [1.82, 2.24) is 0 Å². The summed E-state index contributed by atoms with van der Waals surface area (Å²) in [6.07, 6.45) is 4.93. The molecule has 0 amide bonds. The molecule has 1 fully saturated rings. The maximum absolute atomic E-state index is 11.2. The topological polar surface area (TPSA) is 407 Å². The van der Waals surface area contributed by atoms with Gasteiger partial charge in [-0.15, -0.1) is 0 Å². The number of esters is 14. The average Bonchev–Trinajstić information content (AvgIpc) is 2.78. The van der Waals surface area contributed by atoms with E-state index in [2.05, 4.69) is 52.1 Å². The molecule has 5 unspecified atom stereocenters. The zero-order valence-electron chi connectivity index (χ0n) is 62.8. The van der Waals surface area contributed by atoms with Gasteiger partial charge in [-0.1, -0.05) is 20.8 Å². The second-order valence-corrected chi connectivity index (χ2v) is 18.7. The summed E-state index contributed by atoms with van der Waals surface area (Å²) in [5.74, 6) is -4.06. The molecular weight excluding hydrogens is 1290 g/mol. The lowest BCUT2D eigenvalue weighted by Crippen LogP contribution is -2.28. The minimum Gasteiger partial charge on any atom is -0.469 e. The molecule has 1 saturated heterocycles. The second kappa shape index (κ2) is 86.5. The maximum atomic E-state index is 11.2. The zero-order chi connectivity index (χ0) is 77.5. The molecule has 0 aliphatic carbocycles. The van der Waals surface area contributed by atoms with E-state index in [0.717, 1.165) is 38.7 Å². The largest absolute Gasteiger partial charge is 0.469 e. The van der Waals surface area contributed by atoms with E-state index in [1.807, 2.05) is 27.7 Å². The number of ether oxygens (including phenoxy) is 16. The zero-order valence-corrected chi connectivity index (χ0v) is 62.8. The number of aliphatic hydroxyl groups excluding tert-OH is 1. The van der Waals surface area contributed by atoms with Gasteiger partial charge < -0.3 is 80.9 Å². The number of methoxy groups -OCH3 is 1. The summed E-state index contributed by atoms with van der Waals surface area (Å²) in [5, 5.41) is 8.65. The Labute approximate surface area is 576 Å². The average molecular weight is 1410 g/mol. The third kappa shape index (κ3) is 129. The van der Waals surface area contributed by atoms with Crippen LogP contribution in [-0.4, -0.2) is 206 Å². The molecular formula is C66H124O31. The van der Waals surface area contributed by atoms with Crippen LogP contribution in [0.2, 0.25) is 0 Å². The van der Waals surface area contributed by atoms with Crippen LogP contribution >= 0.6 is 0 Å². The number of aliphatic hydroxyl groups is 1. The highest BCUT2D eigenvalue weighted by Gasteiger charge is 2.19. The van der Waals surface area contributed by atoms with Crippen LogP contribution in [0.5, 0.6) is 0 Å². The molecule has 0 spiro atoms. The molecule has 0 bridgehead atoms. The molecule has 1 heterocycles. The summed E-state index contributed by atoms with van der Waals surface area (Å²) >= 11 is 0. The Morgan fingerprint density at radius 3 is 0.928 bits per heavy atom. The fourth-order valence-electron chi connectivity index (χ4n) is 5.32. The molecule has 1 aliphatic heterocycles. The SMILES string of the molecule is CCCC(=O)OCC.CCCOC(C)=O.CCOC(=O)CC.CCOC(=O)CC(C)O.CCOC(=O)CC(C)OC(C)=O.CCOC(=O)CC(C)OC(C)=O.CCOC(=O)CC(C)OC1CCCCO1.CCOC(=O)COC(C)=O.CCOC(C)=O.CCOC(C)=O.COC(C)=O. The van der Waals surface area contributed by atoms with Gasteiger partial charge in [0.05, 0.1) is 111 Å². The lowest BCUT2D eigenvalue weighted by Gasteiger charge is -2.25. The van der Waals surface area contributed by atoms with E-state index in [0.29, 0.717) is 85.3 Å². The summed E-state index contributed by atoms with van der Waals surface area (Å²) < 4.78 is 74.7. The molecule has 0 radical (unpaired) electrons. The monoisotopic (exact) mass is 1410 g/mol. The van der Waals surface area contributed by atoms with Crippen LogP contribution in [-0.2, 0) is 143 Å². The first kappa shape index (κ1) is 111. The van der Waals surface area contributed by atoms with Crippen LogP contribution in [0.25, 0.3) is 0 Å². The molecule has 574 valence electrons. The molecule has 97 heavy (non-hydrogen) atoms. The van der Waals surface area contributed by atoms with Crippen molar-refractivity contribution in [2.24, 2.45) is 0 Å². The van der Waals surface area contributed by atoms with Crippen molar-refractivity contribution in [3.63, 3.8) is 0 Å². The van der Waals surface area contributed by atoms with Crippen LogP contribution in [0.4, 0.5) is 0 Å². The molecule has 0 aromatic heterocycles. The number of carbonyl (C=O) groups is 14. The molecule has 0 aromatic rings. The lowest BCUT2D eigenvalue weighted by atomic mass is 10.2. The van der Waals surface area contributed by atoms with Crippen molar-refractivity contribution in [3.05, 3.63) is 0 Å². The molecule has 1 N–H and O–H groups in total. The van der Waals surface area contributed by atoms with Gasteiger partial charge in [0.15, 0.2) is 12.9 Å². The summed E-state index contributed by atoms with van der Waals surface area (Å²) in [6.45, 7) is 42.5.